The summed E-state index contributed by atoms with van der Waals surface area (Å²) in [6, 6.07) is 7.23. The summed E-state index contributed by atoms with van der Waals surface area (Å²) in [5.74, 6) is -1.50. The van der Waals surface area contributed by atoms with Gasteiger partial charge in [0, 0.05) is 11.8 Å². The maximum Gasteiger partial charge on any atom is 0.289 e. The Balaban J connectivity index is 1.60. The molecule has 1 fully saturated rings. The van der Waals surface area contributed by atoms with Gasteiger partial charge in [0.25, 0.3) is 5.91 Å². The number of hydrogen-bond acceptors (Lipinski definition) is 5. The number of aromatic nitrogens is 3. The van der Waals surface area contributed by atoms with E-state index >= 15 is 0 Å². The van der Waals surface area contributed by atoms with Gasteiger partial charge in [-0.2, -0.15) is 13.8 Å². The van der Waals surface area contributed by atoms with E-state index in [0.29, 0.717) is 11.3 Å². The number of carbonyl (C=O) groups is 1. The van der Waals surface area contributed by atoms with E-state index in [0.717, 1.165) is 17.4 Å². The lowest BCUT2D eigenvalue weighted by molar-refractivity contribution is -0.137. The number of pyridine rings is 1. The predicted octanol–water partition coefficient (Wildman–Crippen LogP) is 3.82. The first-order valence-corrected chi connectivity index (χ1v) is 10.0. The Labute approximate surface area is 183 Å². The van der Waals surface area contributed by atoms with E-state index in [4.69, 9.17) is 9.47 Å². The standard InChI is InChI=1S/C23H22F2N4O3/c1-14-12-28(13-26-14)18-6-4-16(10-19(18)31-3)11-20-23(30)29(8-9-32-20)15(2)17-5-7-21(24)27-22(17)25/h4-7,10-13,15H,8-9H2,1-3H3/t15-/m1/s1. The maximum atomic E-state index is 14.1. The van der Waals surface area contributed by atoms with Crippen molar-refractivity contribution >= 4 is 12.0 Å². The minimum Gasteiger partial charge on any atom is -0.495 e. The normalized spacial score (nSPS) is 16.2. The number of rotatable bonds is 5. The molecule has 0 bridgehead atoms. The van der Waals surface area contributed by atoms with Crippen LogP contribution in [0.1, 0.15) is 29.8 Å². The predicted molar refractivity (Wildman–Crippen MR) is 113 cm³/mol. The molecule has 1 saturated heterocycles. The Morgan fingerprint density at radius 2 is 2.06 bits per heavy atom. The van der Waals surface area contributed by atoms with Crippen LogP contribution in [0.5, 0.6) is 5.75 Å². The lowest BCUT2D eigenvalue weighted by atomic mass is 10.1. The minimum atomic E-state index is -0.933. The van der Waals surface area contributed by atoms with Crippen LogP contribution in [0, 0.1) is 18.8 Å². The van der Waals surface area contributed by atoms with E-state index in [1.807, 2.05) is 29.8 Å². The summed E-state index contributed by atoms with van der Waals surface area (Å²) in [5.41, 5.74) is 2.53. The molecule has 7 nitrogen and oxygen atoms in total. The Hall–Kier alpha value is -3.75. The fraction of sp³-hybridized carbons (Fsp3) is 0.261. The number of methoxy groups -OCH3 is 1. The van der Waals surface area contributed by atoms with Crippen LogP contribution < -0.4 is 4.74 Å². The molecule has 1 atom stereocenters. The van der Waals surface area contributed by atoms with Crippen molar-refractivity contribution in [3.05, 3.63) is 77.3 Å². The van der Waals surface area contributed by atoms with E-state index in [9.17, 15) is 13.6 Å². The summed E-state index contributed by atoms with van der Waals surface area (Å²) in [6.45, 7) is 4.09. The summed E-state index contributed by atoms with van der Waals surface area (Å²) in [7, 11) is 1.57. The van der Waals surface area contributed by atoms with Gasteiger partial charge in [-0.3, -0.25) is 4.79 Å². The van der Waals surface area contributed by atoms with Gasteiger partial charge in [-0.1, -0.05) is 6.07 Å². The van der Waals surface area contributed by atoms with Crippen molar-refractivity contribution in [2.75, 3.05) is 20.3 Å². The molecule has 1 aliphatic rings. The molecule has 0 aliphatic carbocycles. The fourth-order valence-corrected chi connectivity index (χ4v) is 3.64. The summed E-state index contributed by atoms with van der Waals surface area (Å²) in [6.07, 6.45) is 5.19. The van der Waals surface area contributed by atoms with Crippen molar-refractivity contribution in [2.24, 2.45) is 0 Å². The van der Waals surface area contributed by atoms with Gasteiger partial charge in [-0.25, -0.2) is 4.98 Å². The second-order valence-corrected chi connectivity index (χ2v) is 7.40. The van der Waals surface area contributed by atoms with Gasteiger partial charge in [-0.05, 0) is 49.8 Å². The lowest BCUT2D eigenvalue weighted by Gasteiger charge is -2.33. The third-order valence-corrected chi connectivity index (χ3v) is 5.31. The Bertz CT molecular complexity index is 1190. The number of carbonyl (C=O) groups excluding carboxylic acids is 1. The third kappa shape index (κ3) is 4.18. The molecule has 1 amide bonds. The average Bonchev–Trinajstić information content (AvgIpc) is 3.20. The molecule has 3 aromatic rings. The first-order valence-electron chi connectivity index (χ1n) is 10.0. The fourth-order valence-electron chi connectivity index (χ4n) is 3.64. The molecule has 1 aromatic carbocycles. The van der Waals surface area contributed by atoms with Crippen molar-refractivity contribution in [2.45, 2.75) is 19.9 Å². The second kappa shape index (κ2) is 8.78. The van der Waals surface area contributed by atoms with Gasteiger partial charge >= 0.3 is 0 Å². The summed E-state index contributed by atoms with van der Waals surface area (Å²) < 4.78 is 40.2. The van der Waals surface area contributed by atoms with Crippen LogP contribution in [-0.4, -0.2) is 45.6 Å². The number of ether oxygens (including phenoxy) is 2. The van der Waals surface area contributed by atoms with Crippen molar-refractivity contribution in [1.29, 1.82) is 0 Å². The van der Waals surface area contributed by atoms with Crippen molar-refractivity contribution in [3.8, 4) is 11.4 Å². The van der Waals surface area contributed by atoms with Crippen molar-refractivity contribution < 1.29 is 23.0 Å². The first-order chi connectivity index (χ1) is 15.4. The van der Waals surface area contributed by atoms with E-state index < -0.39 is 17.9 Å². The monoisotopic (exact) mass is 440 g/mol. The molecule has 32 heavy (non-hydrogen) atoms. The number of halogens is 2. The lowest BCUT2D eigenvalue weighted by Crippen LogP contribution is -2.42. The SMILES string of the molecule is COc1cc(C=C2OCCN([C@H](C)c3ccc(F)nc3F)C2=O)ccc1-n1cnc(C)c1. The summed E-state index contributed by atoms with van der Waals surface area (Å²) in [5, 5.41) is 0. The van der Waals surface area contributed by atoms with Crippen LogP contribution in [0.2, 0.25) is 0 Å². The van der Waals surface area contributed by atoms with Gasteiger partial charge in [0.15, 0.2) is 5.76 Å². The van der Waals surface area contributed by atoms with E-state index in [2.05, 4.69) is 9.97 Å². The molecule has 2 aromatic heterocycles. The third-order valence-electron chi connectivity index (χ3n) is 5.31. The molecular formula is C23H22F2N4O3. The zero-order valence-corrected chi connectivity index (χ0v) is 17.9. The smallest absolute Gasteiger partial charge is 0.289 e. The number of aryl methyl sites for hydroxylation is 1. The van der Waals surface area contributed by atoms with Crippen molar-refractivity contribution in [1.82, 2.24) is 19.4 Å². The number of benzene rings is 1. The Morgan fingerprint density at radius 1 is 1.25 bits per heavy atom. The molecule has 1 aliphatic heterocycles. The van der Waals surface area contributed by atoms with E-state index in [1.54, 1.807) is 32.5 Å². The highest BCUT2D eigenvalue weighted by atomic mass is 19.1. The van der Waals surface area contributed by atoms with Crippen LogP contribution in [-0.2, 0) is 9.53 Å². The number of hydrogen-bond donors (Lipinski definition) is 0. The Kier molecular flexibility index (Phi) is 5.89. The number of nitrogens with zero attached hydrogens (tertiary/aromatic N) is 4. The zero-order valence-electron chi connectivity index (χ0n) is 17.9. The molecule has 0 N–H and O–H groups in total. The van der Waals surface area contributed by atoms with E-state index in [1.165, 1.54) is 11.0 Å². The van der Waals surface area contributed by atoms with Gasteiger partial charge in [0.2, 0.25) is 11.9 Å². The number of morpholine rings is 1. The highest BCUT2D eigenvalue weighted by Crippen LogP contribution is 2.29. The quantitative estimate of drug-likeness (QED) is 0.446. The maximum absolute atomic E-state index is 14.1. The van der Waals surface area contributed by atoms with E-state index in [-0.39, 0.29) is 30.4 Å². The topological polar surface area (TPSA) is 69.5 Å². The summed E-state index contributed by atoms with van der Waals surface area (Å²) >= 11 is 0. The van der Waals surface area contributed by atoms with Crippen LogP contribution >= 0.6 is 0 Å². The van der Waals surface area contributed by atoms with Gasteiger partial charge < -0.3 is 18.9 Å². The molecule has 9 heteroatoms. The first kappa shape index (κ1) is 21.5. The summed E-state index contributed by atoms with van der Waals surface area (Å²) in [4.78, 5) is 22.0. The average molecular weight is 440 g/mol. The van der Waals surface area contributed by atoms with Crippen molar-refractivity contribution in [3.63, 3.8) is 0 Å². The second-order valence-electron chi connectivity index (χ2n) is 7.40. The molecule has 0 spiro atoms. The minimum absolute atomic E-state index is 0.131. The highest BCUT2D eigenvalue weighted by Gasteiger charge is 2.31. The molecule has 4 rings (SSSR count). The highest BCUT2D eigenvalue weighted by molar-refractivity contribution is 5.96. The molecule has 3 heterocycles. The number of amides is 1. The molecule has 0 saturated carbocycles. The van der Waals surface area contributed by atoms with Gasteiger partial charge in [0.05, 0.1) is 37.4 Å². The molecule has 166 valence electrons. The van der Waals surface area contributed by atoms with Crippen LogP contribution in [0.3, 0.4) is 0 Å². The van der Waals surface area contributed by atoms with Gasteiger partial charge in [-0.15, -0.1) is 0 Å². The largest absolute Gasteiger partial charge is 0.495 e. The van der Waals surface area contributed by atoms with Crippen LogP contribution in [0.4, 0.5) is 8.78 Å². The molecular weight excluding hydrogens is 418 g/mol. The van der Waals surface area contributed by atoms with Gasteiger partial charge in [0.1, 0.15) is 12.4 Å². The number of imidazole rings is 1. The van der Waals surface area contributed by atoms with Crippen LogP contribution in [0.15, 0.2) is 48.6 Å². The zero-order chi connectivity index (χ0) is 22.8. The van der Waals surface area contributed by atoms with Crippen LogP contribution in [0.25, 0.3) is 11.8 Å². The Morgan fingerprint density at radius 3 is 2.75 bits per heavy atom. The molecule has 0 unspecified atom stereocenters. The molecule has 0 radical (unpaired) electrons.